The lowest BCUT2D eigenvalue weighted by molar-refractivity contribution is 0.102. The van der Waals surface area contributed by atoms with E-state index in [4.69, 9.17) is 4.52 Å². The van der Waals surface area contributed by atoms with Crippen LogP contribution in [0.4, 0.5) is 11.4 Å². The smallest absolute Gasteiger partial charge is 0.261 e. The van der Waals surface area contributed by atoms with Crippen molar-refractivity contribution in [2.45, 2.75) is 32.7 Å². The zero-order chi connectivity index (χ0) is 25.8. The van der Waals surface area contributed by atoms with Crippen LogP contribution in [0, 0.1) is 25.2 Å². The van der Waals surface area contributed by atoms with Gasteiger partial charge in [0.2, 0.25) is 0 Å². The summed E-state index contributed by atoms with van der Waals surface area (Å²) in [7, 11) is 0. The fourth-order valence-corrected chi connectivity index (χ4v) is 5.03. The van der Waals surface area contributed by atoms with Crippen molar-refractivity contribution < 1.29 is 9.32 Å². The summed E-state index contributed by atoms with van der Waals surface area (Å²) in [5.74, 6) is 0.147. The molecule has 0 unspecified atom stereocenters. The number of benzene rings is 3. The number of nitriles is 1. The van der Waals surface area contributed by atoms with E-state index in [9.17, 15) is 10.1 Å². The van der Waals surface area contributed by atoms with Gasteiger partial charge in [-0.2, -0.15) is 5.26 Å². The lowest BCUT2D eigenvalue weighted by Crippen LogP contribution is -2.28. The van der Waals surface area contributed by atoms with Crippen LogP contribution >= 0.6 is 0 Å². The van der Waals surface area contributed by atoms with Gasteiger partial charge < -0.3 is 20.5 Å². The van der Waals surface area contributed by atoms with E-state index in [0.29, 0.717) is 41.4 Å². The van der Waals surface area contributed by atoms with Crippen molar-refractivity contribution in [1.82, 2.24) is 10.5 Å². The fourth-order valence-electron chi connectivity index (χ4n) is 5.03. The maximum absolute atomic E-state index is 12.6. The Hall–Kier alpha value is -4.41. The number of hydrogen-bond acceptors (Lipinski definition) is 6. The van der Waals surface area contributed by atoms with Crippen molar-refractivity contribution in [1.29, 1.82) is 5.26 Å². The molecule has 0 fully saturated rings. The molecule has 0 spiro atoms. The van der Waals surface area contributed by atoms with Crippen molar-refractivity contribution in [2.24, 2.45) is 0 Å². The number of anilines is 2. The fraction of sp³-hybridized carbons (Fsp3) is 0.233. The highest BCUT2D eigenvalue weighted by molar-refractivity contribution is 6.05. The van der Waals surface area contributed by atoms with Gasteiger partial charge in [-0.3, -0.25) is 4.79 Å². The molecule has 0 bridgehead atoms. The molecule has 3 aromatic carbocycles. The maximum atomic E-state index is 12.6. The lowest BCUT2D eigenvalue weighted by Gasteiger charge is -2.22. The third-order valence-corrected chi connectivity index (χ3v) is 6.84. The average molecular weight is 492 g/mol. The van der Waals surface area contributed by atoms with Gasteiger partial charge in [-0.1, -0.05) is 53.7 Å². The molecule has 0 aliphatic heterocycles. The maximum Gasteiger partial charge on any atom is 0.261 e. The van der Waals surface area contributed by atoms with Gasteiger partial charge in [0, 0.05) is 18.8 Å². The van der Waals surface area contributed by atoms with Crippen LogP contribution in [0.25, 0.3) is 0 Å². The molecular weight excluding hydrogens is 462 g/mol. The van der Waals surface area contributed by atoms with Gasteiger partial charge in [-0.05, 0) is 67.1 Å². The van der Waals surface area contributed by atoms with E-state index in [0.717, 1.165) is 18.5 Å². The number of nitrogens with one attached hydrogen (secondary N) is 3. The predicted molar refractivity (Wildman–Crippen MR) is 144 cm³/mol. The molecule has 1 amide bonds. The molecule has 4 aromatic rings. The first-order chi connectivity index (χ1) is 18.0. The minimum atomic E-state index is -0.311. The predicted octanol–water partition coefficient (Wildman–Crippen LogP) is 5.31. The molecule has 0 atom stereocenters. The Bertz CT molecular complexity index is 1420. The molecule has 7 heteroatoms. The van der Waals surface area contributed by atoms with Gasteiger partial charge in [0.25, 0.3) is 5.91 Å². The van der Waals surface area contributed by atoms with Crippen molar-refractivity contribution in [3.8, 4) is 6.07 Å². The highest BCUT2D eigenvalue weighted by Crippen LogP contribution is 2.32. The molecule has 37 heavy (non-hydrogen) atoms. The minimum Gasteiger partial charge on any atom is -0.383 e. The van der Waals surface area contributed by atoms with E-state index >= 15 is 0 Å². The number of aryl methyl sites for hydroxylation is 4. The number of carbonyl (C=O) groups excluding carboxylic acids is 1. The van der Waals surface area contributed by atoms with E-state index < -0.39 is 0 Å². The van der Waals surface area contributed by atoms with Crippen molar-refractivity contribution >= 4 is 17.3 Å². The topological polar surface area (TPSA) is 103 Å². The quantitative estimate of drug-likeness (QED) is 0.303. The number of nitrogens with zero attached hydrogens (tertiary/aromatic N) is 2. The Morgan fingerprint density at radius 1 is 1.00 bits per heavy atom. The summed E-state index contributed by atoms with van der Waals surface area (Å²) in [6.45, 7) is 4.77. The van der Waals surface area contributed by atoms with E-state index in [2.05, 4.69) is 75.7 Å². The average Bonchev–Trinajstić information content (AvgIpc) is 3.17. The molecule has 1 aromatic heterocycles. The normalized spacial score (nSPS) is 12.7. The van der Waals surface area contributed by atoms with Gasteiger partial charge in [-0.25, -0.2) is 0 Å². The summed E-state index contributed by atoms with van der Waals surface area (Å²) in [5, 5.41) is 23.5. The van der Waals surface area contributed by atoms with Crippen LogP contribution in [-0.2, 0) is 12.8 Å². The van der Waals surface area contributed by atoms with Crippen LogP contribution in [0.5, 0.6) is 0 Å². The summed E-state index contributed by atoms with van der Waals surface area (Å²) >= 11 is 0. The zero-order valence-corrected chi connectivity index (χ0v) is 21.0. The molecule has 7 nitrogen and oxygen atoms in total. The van der Waals surface area contributed by atoms with Crippen molar-refractivity contribution in [3.63, 3.8) is 0 Å². The Balaban J connectivity index is 1.25. The van der Waals surface area contributed by atoms with Crippen molar-refractivity contribution in [3.05, 3.63) is 112 Å². The first kappa shape index (κ1) is 24.3. The summed E-state index contributed by atoms with van der Waals surface area (Å²) in [4.78, 5) is 12.6. The summed E-state index contributed by atoms with van der Waals surface area (Å²) in [6, 6.07) is 24.9. The molecule has 1 aliphatic rings. The van der Waals surface area contributed by atoms with Crippen LogP contribution < -0.4 is 16.0 Å². The van der Waals surface area contributed by atoms with E-state index in [1.54, 1.807) is 26.0 Å². The van der Waals surface area contributed by atoms with Crippen LogP contribution in [0.1, 0.15) is 55.7 Å². The monoisotopic (exact) mass is 491 g/mol. The Kier molecular flexibility index (Phi) is 7.02. The Labute approximate surface area is 216 Å². The standard InChI is InChI=1S/C30H29N5O2/c1-19-28(20(2)37-35-19)30(36)34-24-13-14-27(23(17-24)18-31)32-15-16-33-29-25-9-5-3-7-21(25)11-12-22-8-4-6-10-26(22)29/h3-10,13-14,17,29,32-33H,11-12,15-16H2,1-2H3,(H,34,36). The largest absolute Gasteiger partial charge is 0.383 e. The van der Waals surface area contributed by atoms with E-state index in [-0.39, 0.29) is 11.9 Å². The molecular formula is C30H29N5O2. The Morgan fingerprint density at radius 2 is 1.68 bits per heavy atom. The van der Waals surface area contributed by atoms with Crippen LogP contribution in [-0.4, -0.2) is 24.2 Å². The number of aromatic nitrogens is 1. The van der Waals surface area contributed by atoms with Gasteiger partial charge in [0.1, 0.15) is 17.4 Å². The third kappa shape index (κ3) is 5.11. The van der Waals surface area contributed by atoms with Gasteiger partial charge in [0.15, 0.2) is 0 Å². The molecule has 1 aliphatic carbocycles. The van der Waals surface area contributed by atoms with E-state index in [1.807, 2.05) is 6.07 Å². The molecule has 1 heterocycles. The van der Waals surface area contributed by atoms with Crippen LogP contribution in [0.15, 0.2) is 71.3 Å². The van der Waals surface area contributed by atoms with Crippen LogP contribution in [0.3, 0.4) is 0 Å². The first-order valence-electron chi connectivity index (χ1n) is 12.5. The second-order valence-corrected chi connectivity index (χ2v) is 9.24. The second kappa shape index (κ2) is 10.7. The molecule has 0 saturated carbocycles. The molecule has 3 N–H and O–H groups in total. The SMILES string of the molecule is Cc1noc(C)c1C(=O)Nc1ccc(NCCNC2c3ccccc3CCc3ccccc32)c(C#N)c1. The van der Waals surface area contributed by atoms with Gasteiger partial charge in [0.05, 0.1) is 23.0 Å². The highest BCUT2D eigenvalue weighted by Gasteiger charge is 2.22. The van der Waals surface area contributed by atoms with E-state index in [1.165, 1.54) is 22.3 Å². The molecule has 186 valence electrons. The highest BCUT2D eigenvalue weighted by atomic mass is 16.5. The second-order valence-electron chi connectivity index (χ2n) is 9.24. The number of hydrogen-bond donors (Lipinski definition) is 3. The molecule has 5 rings (SSSR count). The molecule has 0 radical (unpaired) electrons. The third-order valence-electron chi connectivity index (χ3n) is 6.84. The Morgan fingerprint density at radius 3 is 2.30 bits per heavy atom. The molecule has 0 saturated heterocycles. The minimum absolute atomic E-state index is 0.119. The number of fused-ring (bicyclic) bond motifs is 2. The number of rotatable bonds is 7. The van der Waals surface area contributed by atoms with Gasteiger partial charge >= 0.3 is 0 Å². The number of amides is 1. The van der Waals surface area contributed by atoms with Crippen molar-refractivity contribution in [2.75, 3.05) is 23.7 Å². The zero-order valence-electron chi connectivity index (χ0n) is 21.0. The van der Waals surface area contributed by atoms with Crippen LogP contribution in [0.2, 0.25) is 0 Å². The summed E-state index contributed by atoms with van der Waals surface area (Å²) in [5.41, 5.74) is 8.07. The van der Waals surface area contributed by atoms with Gasteiger partial charge in [-0.15, -0.1) is 0 Å². The first-order valence-corrected chi connectivity index (χ1v) is 12.5. The lowest BCUT2D eigenvalue weighted by atomic mass is 9.94. The summed E-state index contributed by atoms with van der Waals surface area (Å²) < 4.78 is 5.08. The number of carbonyl (C=O) groups is 1. The summed E-state index contributed by atoms with van der Waals surface area (Å²) in [6.07, 6.45) is 2.07.